The predicted octanol–water partition coefficient (Wildman–Crippen LogP) is 0.788. The van der Waals surface area contributed by atoms with Gasteiger partial charge in [0.25, 0.3) is 0 Å². The number of carbonyl (C=O) groups is 2. The van der Waals surface area contributed by atoms with Gasteiger partial charge in [0.05, 0.1) is 23.7 Å². The monoisotopic (exact) mass is 354 g/mol. The molecule has 2 aromatic carbocycles. The summed E-state index contributed by atoms with van der Waals surface area (Å²) in [5.74, 6) is -1.16. The maximum absolute atomic E-state index is 12.4. The van der Waals surface area contributed by atoms with Crippen LogP contribution in [-0.4, -0.2) is 55.8 Å². The van der Waals surface area contributed by atoms with Crippen molar-refractivity contribution in [2.45, 2.75) is 24.3 Å². The molecule has 1 heterocycles. The summed E-state index contributed by atoms with van der Waals surface area (Å²) in [5, 5.41) is 10.4. The summed E-state index contributed by atoms with van der Waals surface area (Å²) < 4.78 is 16.3. The average Bonchev–Trinajstić information content (AvgIpc) is 2.68. The summed E-state index contributed by atoms with van der Waals surface area (Å²) in [7, 11) is 1.67. The highest BCUT2D eigenvalue weighted by atomic mass is 16.6. The van der Waals surface area contributed by atoms with E-state index in [2.05, 4.69) is 0 Å². The molecule has 1 saturated heterocycles. The number of hydrogen-bond donors (Lipinski definition) is 1. The number of aliphatic hydroxyl groups is 1. The molecule has 1 N–H and O–H groups in total. The molecule has 26 heavy (non-hydrogen) atoms. The minimum atomic E-state index is -1.11. The molecule has 134 valence electrons. The van der Waals surface area contributed by atoms with Crippen molar-refractivity contribution in [2.75, 3.05) is 6.61 Å². The van der Waals surface area contributed by atoms with Gasteiger partial charge in [-0.1, -0.05) is 36.4 Å². The van der Waals surface area contributed by atoms with Crippen LogP contribution in [0.5, 0.6) is 0 Å². The standard InChI is InChI=1S/C19H19BO6/c20-17-15(21)16(26-19(23)13-9-5-2-6-10-13)14(11-24-17)25-18(22)12-7-3-1-4-8-12/h1-10,14-17,21H,11,20H2/t14-,15+,16-,17-/m0/s1. The van der Waals surface area contributed by atoms with Crippen molar-refractivity contribution in [3.63, 3.8) is 0 Å². The minimum Gasteiger partial charge on any atom is -0.452 e. The van der Waals surface area contributed by atoms with Gasteiger partial charge in [0.15, 0.2) is 12.2 Å². The normalized spacial score (nSPS) is 25.3. The maximum Gasteiger partial charge on any atom is 0.338 e. The van der Waals surface area contributed by atoms with Crippen molar-refractivity contribution < 1.29 is 28.9 Å². The molecule has 2 aromatic rings. The first-order valence-electron chi connectivity index (χ1n) is 8.38. The van der Waals surface area contributed by atoms with Crippen LogP contribution in [-0.2, 0) is 14.2 Å². The van der Waals surface area contributed by atoms with Gasteiger partial charge in [-0.3, -0.25) is 0 Å². The van der Waals surface area contributed by atoms with Crippen LogP contribution < -0.4 is 0 Å². The Labute approximate surface area is 152 Å². The van der Waals surface area contributed by atoms with Gasteiger partial charge in [0.1, 0.15) is 14.0 Å². The zero-order valence-corrected chi connectivity index (χ0v) is 14.3. The van der Waals surface area contributed by atoms with E-state index in [1.165, 1.54) is 0 Å². The fourth-order valence-electron chi connectivity index (χ4n) is 2.72. The van der Waals surface area contributed by atoms with Crippen molar-refractivity contribution >= 4 is 19.8 Å². The molecular weight excluding hydrogens is 335 g/mol. The van der Waals surface area contributed by atoms with E-state index >= 15 is 0 Å². The van der Waals surface area contributed by atoms with E-state index in [4.69, 9.17) is 14.2 Å². The molecule has 0 aliphatic carbocycles. The molecular formula is C19H19BO6. The Morgan fingerprint density at radius 3 is 1.96 bits per heavy atom. The van der Waals surface area contributed by atoms with Crippen LogP contribution in [0.1, 0.15) is 20.7 Å². The lowest BCUT2D eigenvalue weighted by atomic mass is 9.86. The number of benzene rings is 2. The molecule has 3 rings (SSSR count). The molecule has 1 fully saturated rings. The highest BCUT2D eigenvalue weighted by Crippen LogP contribution is 2.22. The topological polar surface area (TPSA) is 82.1 Å². The van der Waals surface area contributed by atoms with Crippen molar-refractivity contribution in [2.24, 2.45) is 0 Å². The Hall–Kier alpha value is -2.64. The molecule has 0 bridgehead atoms. The smallest absolute Gasteiger partial charge is 0.338 e. The number of carbonyl (C=O) groups excluding carboxylic acids is 2. The number of hydrogen-bond acceptors (Lipinski definition) is 6. The van der Waals surface area contributed by atoms with Crippen LogP contribution in [0.15, 0.2) is 60.7 Å². The molecule has 7 heteroatoms. The fourth-order valence-corrected chi connectivity index (χ4v) is 2.72. The van der Waals surface area contributed by atoms with Crippen LogP contribution in [0.3, 0.4) is 0 Å². The van der Waals surface area contributed by atoms with Gasteiger partial charge in [-0.25, -0.2) is 9.59 Å². The molecule has 1 aliphatic rings. The van der Waals surface area contributed by atoms with E-state index in [1.807, 2.05) is 0 Å². The second kappa shape index (κ2) is 8.16. The summed E-state index contributed by atoms with van der Waals surface area (Å²) in [6, 6.07) is 16.4. The van der Waals surface area contributed by atoms with Gasteiger partial charge in [0, 0.05) is 0 Å². The molecule has 1 aliphatic heterocycles. The first-order valence-corrected chi connectivity index (χ1v) is 8.38. The molecule has 6 nitrogen and oxygen atoms in total. The van der Waals surface area contributed by atoms with E-state index in [0.717, 1.165) is 0 Å². The van der Waals surface area contributed by atoms with E-state index in [0.29, 0.717) is 11.1 Å². The first kappa shape index (κ1) is 18.2. The molecule has 0 saturated carbocycles. The van der Waals surface area contributed by atoms with Crippen LogP contribution >= 0.6 is 0 Å². The third kappa shape index (κ3) is 4.12. The summed E-state index contributed by atoms with van der Waals surface area (Å²) in [6.45, 7) is 0.0313. The second-order valence-corrected chi connectivity index (χ2v) is 6.07. The largest absolute Gasteiger partial charge is 0.452 e. The van der Waals surface area contributed by atoms with E-state index in [9.17, 15) is 14.7 Å². The van der Waals surface area contributed by atoms with Gasteiger partial charge in [-0.15, -0.1) is 0 Å². The van der Waals surface area contributed by atoms with E-state index < -0.39 is 36.3 Å². The highest BCUT2D eigenvalue weighted by molar-refractivity contribution is 6.11. The van der Waals surface area contributed by atoms with Gasteiger partial charge in [-0.2, -0.15) is 0 Å². The highest BCUT2D eigenvalue weighted by Gasteiger charge is 2.42. The van der Waals surface area contributed by atoms with Gasteiger partial charge in [-0.05, 0) is 24.3 Å². The third-order valence-corrected chi connectivity index (χ3v) is 4.23. The van der Waals surface area contributed by atoms with Crippen molar-refractivity contribution in [1.29, 1.82) is 0 Å². The van der Waals surface area contributed by atoms with Crippen LogP contribution in [0.25, 0.3) is 0 Å². The Kier molecular flexibility index (Phi) is 5.70. The predicted molar refractivity (Wildman–Crippen MR) is 95.6 cm³/mol. The van der Waals surface area contributed by atoms with Crippen molar-refractivity contribution in [1.82, 2.24) is 0 Å². The van der Waals surface area contributed by atoms with E-state index in [1.54, 1.807) is 68.5 Å². The van der Waals surface area contributed by atoms with Crippen molar-refractivity contribution in [3.05, 3.63) is 71.8 Å². The maximum atomic E-state index is 12.4. The SMILES string of the molecule is B[C@H]1OC[C@H](OC(=O)c2ccccc2)[C@H](OC(=O)c2ccccc2)[C@H]1O. The summed E-state index contributed by atoms with van der Waals surface area (Å²) in [5.41, 5.74) is 0.723. The minimum absolute atomic E-state index is 0.0313. The molecule has 0 amide bonds. The Morgan fingerprint density at radius 1 is 0.923 bits per heavy atom. The van der Waals surface area contributed by atoms with Gasteiger partial charge >= 0.3 is 11.9 Å². The zero-order chi connectivity index (χ0) is 18.5. The molecule has 0 aromatic heterocycles. The Morgan fingerprint density at radius 2 is 1.42 bits per heavy atom. The molecule has 4 atom stereocenters. The van der Waals surface area contributed by atoms with Crippen molar-refractivity contribution in [3.8, 4) is 0 Å². The summed E-state index contributed by atoms with van der Waals surface area (Å²) >= 11 is 0. The fraction of sp³-hybridized carbons (Fsp3) is 0.263. The Bertz CT molecular complexity index is 751. The number of aliphatic hydroxyl groups excluding tert-OH is 1. The van der Waals surface area contributed by atoms with E-state index in [-0.39, 0.29) is 6.61 Å². The lowest BCUT2D eigenvalue weighted by molar-refractivity contribution is -0.167. The first-order chi connectivity index (χ1) is 12.6. The number of rotatable bonds is 4. The second-order valence-electron chi connectivity index (χ2n) is 6.07. The van der Waals surface area contributed by atoms with Crippen LogP contribution in [0.2, 0.25) is 0 Å². The van der Waals surface area contributed by atoms with Crippen LogP contribution in [0.4, 0.5) is 0 Å². The quantitative estimate of drug-likeness (QED) is 0.646. The molecule has 0 spiro atoms. The lowest BCUT2D eigenvalue weighted by Gasteiger charge is -2.38. The Balaban J connectivity index is 1.74. The van der Waals surface area contributed by atoms with Gasteiger partial charge in [0.2, 0.25) is 0 Å². The zero-order valence-electron chi connectivity index (χ0n) is 14.3. The number of esters is 2. The molecule has 0 radical (unpaired) electrons. The van der Waals surface area contributed by atoms with Crippen LogP contribution in [0, 0.1) is 0 Å². The number of ether oxygens (including phenoxy) is 3. The lowest BCUT2D eigenvalue weighted by Crippen LogP contribution is -2.56. The summed E-state index contributed by atoms with van der Waals surface area (Å²) in [4.78, 5) is 24.7. The third-order valence-electron chi connectivity index (χ3n) is 4.23. The average molecular weight is 354 g/mol. The molecule has 0 unspecified atom stereocenters. The summed E-state index contributed by atoms with van der Waals surface area (Å²) in [6.07, 6.45) is -3.02. The van der Waals surface area contributed by atoms with Gasteiger partial charge < -0.3 is 19.3 Å².